The fourth-order valence-corrected chi connectivity index (χ4v) is 0.655. The van der Waals surface area contributed by atoms with Crippen LogP contribution < -0.4 is 0 Å². The minimum atomic E-state index is 0.840. The zero-order valence-electron chi connectivity index (χ0n) is 5.76. The molecule has 0 N–H and O–H groups in total. The fourth-order valence-electron chi connectivity index (χ4n) is 0.655. The molecule has 48 valence electrons. The predicted octanol–water partition coefficient (Wildman–Crippen LogP) is 1.78. The smallest absolute Gasteiger partial charge is 0.147 e. The topological polar surface area (TPSA) is 24.7 Å². The number of aliphatic imine (C=N–C) groups is 2. The molecule has 0 aromatic heterocycles. The average molecular weight is 122 g/mol. The first-order chi connectivity index (χ1) is 4.36. The Morgan fingerprint density at radius 3 is 2.78 bits per heavy atom. The van der Waals surface area contributed by atoms with Crippen LogP contribution >= 0.6 is 0 Å². The number of hydrogen-bond acceptors (Lipinski definition) is 2. The Hall–Kier alpha value is -0.920. The van der Waals surface area contributed by atoms with Crippen molar-refractivity contribution in [3.05, 3.63) is 11.9 Å². The molecule has 0 atom stereocenters. The second-order valence-electron chi connectivity index (χ2n) is 1.86. The molecule has 0 radical (unpaired) electrons. The van der Waals surface area contributed by atoms with Gasteiger partial charge in [-0.2, -0.15) is 0 Å². The van der Waals surface area contributed by atoms with Gasteiger partial charge in [0.05, 0.1) is 11.9 Å². The van der Waals surface area contributed by atoms with E-state index >= 15 is 0 Å². The van der Waals surface area contributed by atoms with Crippen molar-refractivity contribution < 1.29 is 0 Å². The quantitative estimate of drug-likeness (QED) is 0.506. The first kappa shape index (κ1) is 6.20. The van der Waals surface area contributed by atoms with Gasteiger partial charge >= 0.3 is 0 Å². The monoisotopic (exact) mass is 122 g/mol. The van der Waals surface area contributed by atoms with Gasteiger partial charge in [0.2, 0.25) is 0 Å². The van der Waals surface area contributed by atoms with Gasteiger partial charge in [0.25, 0.3) is 0 Å². The molecule has 0 aromatic carbocycles. The van der Waals surface area contributed by atoms with Crippen molar-refractivity contribution in [1.82, 2.24) is 0 Å². The van der Waals surface area contributed by atoms with E-state index in [1.807, 2.05) is 19.2 Å². The minimum absolute atomic E-state index is 0.840. The molecule has 2 heteroatoms. The van der Waals surface area contributed by atoms with E-state index in [-0.39, 0.29) is 0 Å². The van der Waals surface area contributed by atoms with Crippen LogP contribution in [-0.2, 0) is 0 Å². The van der Waals surface area contributed by atoms with Crippen LogP contribution in [0.1, 0.15) is 20.3 Å². The molecule has 0 amide bonds. The Bertz CT molecular complexity index is 187. The molecule has 0 saturated heterocycles. The lowest BCUT2D eigenvalue weighted by Crippen LogP contribution is -1.90. The Labute approximate surface area is 55.0 Å². The van der Waals surface area contributed by atoms with Crippen molar-refractivity contribution in [3.8, 4) is 0 Å². The highest BCUT2D eigenvalue weighted by molar-refractivity contribution is 6.32. The Kier molecular flexibility index (Phi) is 1.78. The first-order valence-electron chi connectivity index (χ1n) is 3.14. The van der Waals surface area contributed by atoms with E-state index in [1.165, 1.54) is 0 Å². The third-order valence-electron chi connectivity index (χ3n) is 1.22. The fraction of sp³-hybridized carbons (Fsp3) is 0.429. The summed E-state index contributed by atoms with van der Waals surface area (Å²) in [5.74, 6) is 0.840. The molecule has 0 aromatic rings. The molecule has 0 spiro atoms. The molecule has 0 fully saturated rings. The van der Waals surface area contributed by atoms with E-state index in [2.05, 4.69) is 16.9 Å². The first-order valence-corrected chi connectivity index (χ1v) is 3.14. The molecule has 1 heterocycles. The summed E-state index contributed by atoms with van der Waals surface area (Å²) in [7, 11) is 0. The van der Waals surface area contributed by atoms with E-state index in [9.17, 15) is 0 Å². The molecular formula is C7H10N2. The lowest BCUT2D eigenvalue weighted by molar-refractivity contribution is 1.23. The molecule has 1 aliphatic rings. The summed E-state index contributed by atoms with van der Waals surface area (Å²) < 4.78 is 0. The summed E-state index contributed by atoms with van der Waals surface area (Å²) >= 11 is 0. The summed E-state index contributed by atoms with van der Waals surface area (Å²) in [5, 5.41) is 0. The van der Waals surface area contributed by atoms with Gasteiger partial charge in [0, 0.05) is 0 Å². The zero-order chi connectivity index (χ0) is 6.69. The van der Waals surface area contributed by atoms with Gasteiger partial charge in [-0.3, -0.25) is 0 Å². The van der Waals surface area contributed by atoms with Crippen molar-refractivity contribution in [3.63, 3.8) is 0 Å². The van der Waals surface area contributed by atoms with Gasteiger partial charge in [0.1, 0.15) is 5.82 Å². The SMILES string of the molecule is CC=C1N=CC(CC)=N1. The van der Waals surface area contributed by atoms with Crippen LogP contribution in [0.4, 0.5) is 0 Å². The van der Waals surface area contributed by atoms with E-state index in [1.54, 1.807) is 0 Å². The molecular weight excluding hydrogens is 112 g/mol. The van der Waals surface area contributed by atoms with Crippen LogP contribution in [0.15, 0.2) is 21.9 Å². The van der Waals surface area contributed by atoms with Crippen LogP contribution in [0.25, 0.3) is 0 Å². The summed E-state index contributed by atoms with van der Waals surface area (Å²) in [5.41, 5.74) is 1.07. The van der Waals surface area contributed by atoms with Gasteiger partial charge in [-0.25, -0.2) is 9.98 Å². The Morgan fingerprint density at radius 2 is 2.44 bits per heavy atom. The van der Waals surface area contributed by atoms with Crippen molar-refractivity contribution >= 4 is 11.9 Å². The van der Waals surface area contributed by atoms with Crippen LogP contribution in [0.3, 0.4) is 0 Å². The number of hydrogen-bond donors (Lipinski definition) is 0. The highest BCUT2D eigenvalue weighted by Gasteiger charge is 1.99. The van der Waals surface area contributed by atoms with Crippen molar-refractivity contribution in [2.75, 3.05) is 0 Å². The number of nitrogens with zero attached hydrogens (tertiary/aromatic N) is 2. The highest BCUT2D eigenvalue weighted by atomic mass is 15.0. The van der Waals surface area contributed by atoms with Crippen LogP contribution in [0.2, 0.25) is 0 Å². The van der Waals surface area contributed by atoms with Crippen molar-refractivity contribution in [2.45, 2.75) is 20.3 Å². The van der Waals surface area contributed by atoms with Crippen LogP contribution in [0.5, 0.6) is 0 Å². The van der Waals surface area contributed by atoms with Crippen LogP contribution in [-0.4, -0.2) is 11.9 Å². The van der Waals surface area contributed by atoms with Crippen molar-refractivity contribution in [2.24, 2.45) is 9.98 Å². The Balaban J connectivity index is 2.74. The maximum atomic E-state index is 4.18. The lowest BCUT2D eigenvalue weighted by atomic mass is 10.3. The summed E-state index contributed by atoms with van der Waals surface area (Å²) in [6.45, 7) is 4.01. The van der Waals surface area contributed by atoms with Gasteiger partial charge in [-0.1, -0.05) is 6.92 Å². The van der Waals surface area contributed by atoms with Gasteiger partial charge < -0.3 is 0 Å². The summed E-state index contributed by atoms with van der Waals surface area (Å²) in [4.78, 5) is 8.22. The zero-order valence-corrected chi connectivity index (χ0v) is 5.76. The molecule has 1 rings (SSSR count). The summed E-state index contributed by atoms with van der Waals surface area (Å²) in [6.07, 6.45) is 4.69. The molecule has 0 aliphatic carbocycles. The molecule has 0 bridgehead atoms. The predicted molar refractivity (Wildman–Crippen MR) is 40.0 cm³/mol. The molecule has 0 unspecified atom stereocenters. The average Bonchev–Trinajstić information content (AvgIpc) is 2.34. The summed E-state index contributed by atoms with van der Waals surface area (Å²) in [6, 6.07) is 0. The lowest BCUT2D eigenvalue weighted by Gasteiger charge is -1.83. The maximum Gasteiger partial charge on any atom is 0.147 e. The second kappa shape index (κ2) is 2.58. The van der Waals surface area contributed by atoms with Crippen molar-refractivity contribution in [1.29, 1.82) is 0 Å². The largest absolute Gasteiger partial charge is 0.236 e. The third-order valence-corrected chi connectivity index (χ3v) is 1.22. The number of rotatable bonds is 1. The van der Waals surface area contributed by atoms with E-state index in [4.69, 9.17) is 0 Å². The number of allylic oxidation sites excluding steroid dienone is 1. The van der Waals surface area contributed by atoms with E-state index in [0.717, 1.165) is 18.0 Å². The standard InChI is InChI=1S/C7H10N2/c1-3-6-5-8-7(4-2)9-6/h4-5H,3H2,1-2H3. The van der Waals surface area contributed by atoms with Gasteiger partial charge in [0.15, 0.2) is 0 Å². The van der Waals surface area contributed by atoms with Crippen LogP contribution in [0, 0.1) is 0 Å². The van der Waals surface area contributed by atoms with Gasteiger partial charge in [-0.05, 0) is 19.4 Å². The normalized spacial score (nSPS) is 21.1. The Morgan fingerprint density at radius 1 is 1.67 bits per heavy atom. The van der Waals surface area contributed by atoms with E-state index < -0.39 is 0 Å². The van der Waals surface area contributed by atoms with E-state index in [0.29, 0.717) is 0 Å². The third kappa shape index (κ3) is 1.25. The second-order valence-corrected chi connectivity index (χ2v) is 1.86. The maximum absolute atomic E-state index is 4.18. The molecule has 0 saturated carbocycles. The minimum Gasteiger partial charge on any atom is -0.236 e. The molecule has 1 aliphatic heterocycles. The highest BCUT2D eigenvalue weighted by Crippen LogP contribution is 2.05. The molecule has 2 nitrogen and oxygen atoms in total. The van der Waals surface area contributed by atoms with Gasteiger partial charge in [-0.15, -0.1) is 0 Å². The molecule has 9 heavy (non-hydrogen) atoms.